The summed E-state index contributed by atoms with van der Waals surface area (Å²) in [6.07, 6.45) is 6.86. The van der Waals surface area contributed by atoms with Crippen LogP contribution in [0.4, 0.5) is 0 Å². The molecule has 1 aliphatic heterocycles. The molecule has 2 N–H and O–H groups in total. The third-order valence-corrected chi connectivity index (χ3v) is 5.30. The van der Waals surface area contributed by atoms with Crippen LogP contribution in [0.5, 0.6) is 0 Å². The van der Waals surface area contributed by atoms with Gasteiger partial charge in [-0.1, -0.05) is 19.3 Å². The van der Waals surface area contributed by atoms with Crippen LogP contribution >= 0.6 is 0 Å². The summed E-state index contributed by atoms with van der Waals surface area (Å²) in [7, 11) is 0. The van der Waals surface area contributed by atoms with Crippen LogP contribution in [0.15, 0.2) is 0 Å². The normalized spacial score (nSPS) is 24.6. The molecule has 6 heteroatoms. The van der Waals surface area contributed by atoms with E-state index in [9.17, 15) is 9.90 Å². The van der Waals surface area contributed by atoms with E-state index in [4.69, 9.17) is 4.74 Å². The molecule has 1 aromatic heterocycles. The van der Waals surface area contributed by atoms with Gasteiger partial charge < -0.3 is 14.7 Å². The lowest BCUT2D eigenvalue weighted by atomic mass is 9.89. The molecule has 0 aromatic carbocycles. The van der Waals surface area contributed by atoms with Gasteiger partial charge in [-0.25, -0.2) is 0 Å². The summed E-state index contributed by atoms with van der Waals surface area (Å²) in [5, 5.41) is 16.7. The van der Waals surface area contributed by atoms with Crippen molar-refractivity contribution in [1.29, 1.82) is 0 Å². The fraction of sp³-hybridized carbons (Fsp3) is 0.778. The van der Waals surface area contributed by atoms with Crippen molar-refractivity contribution in [2.24, 2.45) is 5.92 Å². The Bertz CT molecular complexity index is 566. The van der Waals surface area contributed by atoms with Crippen molar-refractivity contribution in [2.75, 3.05) is 19.7 Å². The number of hydrogen-bond acceptors (Lipinski definition) is 4. The summed E-state index contributed by atoms with van der Waals surface area (Å²) in [5.74, 6) is 0.485. The first-order valence-electron chi connectivity index (χ1n) is 9.22. The molecule has 2 aliphatic rings. The number of aliphatic hydroxyl groups is 1. The number of nitrogens with zero attached hydrogens (tertiary/aromatic N) is 2. The smallest absolute Gasteiger partial charge is 0.274 e. The molecule has 3 rings (SSSR count). The minimum absolute atomic E-state index is 0.0129. The molecule has 24 heavy (non-hydrogen) atoms. The number of ether oxygens (including phenoxy) is 1. The number of carbonyl (C=O) groups excluding carboxylic acids is 1. The van der Waals surface area contributed by atoms with Gasteiger partial charge in [0.1, 0.15) is 0 Å². The standard InChI is InChI=1S/C18H29N3O3/c1-12-10-15-16(13(2)24-12)19-20-17(15)18(23)21(8-9-22)11-14-6-4-3-5-7-14/h12-14,22H,3-11H2,1-2H3,(H,19,20)/t12-,13+/m1/s1. The number of carbonyl (C=O) groups is 1. The Kier molecular flexibility index (Phi) is 5.56. The Morgan fingerprint density at radius 3 is 2.79 bits per heavy atom. The predicted octanol–water partition coefficient (Wildman–Crippen LogP) is 2.45. The van der Waals surface area contributed by atoms with Gasteiger partial charge in [0.05, 0.1) is 24.5 Å². The number of nitrogens with one attached hydrogen (secondary N) is 1. The number of aliphatic hydroxyl groups excluding tert-OH is 1. The Balaban J connectivity index is 1.77. The molecule has 0 unspecified atom stereocenters. The van der Waals surface area contributed by atoms with E-state index in [0.717, 1.165) is 17.8 Å². The van der Waals surface area contributed by atoms with Crippen molar-refractivity contribution in [2.45, 2.75) is 64.6 Å². The molecule has 134 valence electrons. The summed E-state index contributed by atoms with van der Waals surface area (Å²) in [4.78, 5) is 14.8. The monoisotopic (exact) mass is 335 g/mol. The van der Waals surface area contributed by atoms with Gasteiger partial charge in [-0.05, 0) is 32.6 Å². The van der Waals surface area contributed by atoms with Gasteiger partial charge in [-0.15, -0.1) is 0 Å². The summed E-state index contributed by atoms with van der Waals surface area (Å²) in [6, 6.07) is 0. The lowest BCUT2D eigenvalue weighted by Crippen LogP contribution is -2.39. The molecule has 0 spiro atoms. The van der Waals surface area contributed by atoms with E-state index in [-0.39, 0.29) is 24.7 Å². The zero-order valence-corrected chi connectivity index (χ0v) is 14.8. The quantitative estimate of drug-likeness (QED) is 0.866. The molecular formula is C18H29N3O3. The number of fused-ring (bicyclic) bond motifs is 1. The van der Waals surface area contributed by atoms with E-state index in [2.05, 4.69) is 10.2 Å². The molecule has 1 saturated carbocycles. The average Bonchev–Trinajstić information content (AvgIpc) is 2.99. The fourth-order valence-corrected chi connectivity index (χ4v) is 4.08. The molecule has 1 fully saturated rings. The Morgan fingerprint density at radius 2 is 2.08 bits per heavy atom. The van der Waals surface area contributed by atoms with Gasteiger partial charge in [-0.3, -0.25) is 9.89 Å². The highest BCUT2D eigenvalue weighted by molar-refractivity contribution is 5.94. The third-order valence-electron chi connectivity index (χ3n) is 5.30. The van der Waals surface area contributed by atoms with Gasteiger partial charge in [-0.2, -0.15) is 5.10 Å². The van der Waals surface area contributed by atoms with E-state index >= 15 is 0 Å². The molecule has 2 atom stereocenters. The van der Waals surface area contributed by atoms with Crippen LogP contribution in [0, 0.1) is 5.92 Å². The van der Waals surface area contributed by atoms with Crippen LogP contribution < -0.4 is 0 Å². The molecule has 1 aromatic rings. The SMILES string of the molecule is C[C@@H]1Cc2c(C(=O)N(CCO)CC3CCCCC3)n[nH]c2[C@H](C)O1. The Labute approximate surface area is 143 Å². The Morgan fingerprint density at radius 1 is 1.33 bits per heavy atom. The number of aromatic nitrogens is 2. The molecule has 0 saturated heterocycles. The van der Waals surface area contributed by atoms with Crippen LogP contribution in [-0.2, 0) is 11.2 Å². The van der Waals surface area contributed by atoms with Crippen molar-refractivity contribution in [3.63, 3.8) is 0 Å². The fourth-order valence-electron chi connectivity index (χ4n) is 4.08. The molecule has 0 radical (unpaired) electrons. The lowest BCUT2D eigenvalue weighted by molar-refractivity contribution is -0.00704. The second-order valence-corrected chi connectivity index (χ2v) is 7.24. The van der Waals surface area contributed by atoms with Crippen molar-refractivity contribution in [3.8, 4) is 0 Å². The van der Waals surface area contributed by atoms with Gasteiger partial charge in [0, 0.05) is 25.1 Å². The number of amides is 1. The van der Waals surface area contributed by atoms with E-state index in [1.54, 1.807) is 4.90 Å². The number of rotatable bonds is 5. The highest BCUT2D eigenvalue weighted by Crippen LogP contribution is 2.31. The van der Waals surface area contributed by atoms with Crippen molar-refractivity contribution >= 4 is 5.91 Å². The van der Waals surface area contributed by atoms with Crippen LogP contribution in [0.2, 0.25) is 0 Å². The number of hydrogen-bond donors (Lipinski definition) is 2. The van der Waals surface area contributed by atoms with E-state index in [0.29, 0.717) is 24.6 Å². The number of H-pyrrole nitrogens is 1. The van der Waals surface area contributed by atoms with Crippen LogP contribution in [-0.4, -0.2) is 51.9 Å². The van der Waals surface area contributed by atoms with Crippen molar-refractivity contribution in [1.82, 2.24) is 15.1 Å². The maximum atomic E-state index is 13.0. The maximum absolute atomic E-state index is 13.0. The predicted molar refractivity (Wildman–Crippen MR) is 90.8 cm³/mol. The maximum Gasteiger partial charge on any atom is 0.274 e. The summed E-state index contributed by atoms with van der Waals surface area (Å²) in [5.41, 5.74) is 2.41. The van der Waals surface area contributed by atoms with E-state index in [1.165, 1.54) is 32.1 Å². The topological polar surface area (TPSA) is 78.5 Å². The zero-order valence-electron chi connectivity index (χ0n) is 14.8. The second kappa shape index (κ2) is 7.66. The summed E-state index contributed by atoms with van der Waals surface area (Å²) >= 11 is 0. The first-order valence-corrected chi connectivity index (χ1v) is 9.22. The highest BCUT2D eigenvalue weighted by Gasteiger charge is 2.32. The molecule has 1 aliphatic carbocycles. The third kappa shape index (κ3) is 3.64. The van der Waals surface area contributed by atoms with Gasteiger partial charge in [0.25, 0.3) is 5.91 Å². The largest absolute Gasteiger partial charge is 0.395 e. The lowest BCUT2D eigenvalue weighted by Gasteiger charge is -2.30. The molecular weight excluding hydrogens is 306 g/mol. The van der Waals surface area contributed by atoms with Crippen molar-refractivity contribution < 1.29 is 14.6 Å². The van der Waals surface area contributed by atoms with Gasteiger partial charge in [0.15, 0.2) is 5.69 Å². The zero-order chi connectivity index (χ0) is 17.1. The Hall–Kier alpha value is -1.40. The van der Waals surface area contributed by atoms with Crippen LogP contribution in [0.3, 0.4) is 0 Å². The first-order chi connectivity index (χ1) is 11.6. The van der Waals surface area contributed by atoms with Crippen molar-refractivity contribution in [3.05, 3.63) is 17.0 Å². The average molecular weight is 335 g/mol. The minimum Gasteiger partial charge on any atom is -0.395 e. The van der Waals surface area contributed by atoms with E-state index in [1.807, 2.05) is 13.8 Å². The molecule has 1 amide bonds. The molecule has 2 heterocycles. The first kappa shape index (κ1) is 17.4. The second-order valence-electron chi connectivity index (χ2n) is 7.24. The number of aromatic amines is 1. The molecule has 6 nitrogen and oxygen atoms in total. The van der Waals surface area contributed by atoms with Gasteiger partial charge in [0.2, 0.25) is 0 Å². The summed E-state index contributed by atoms with van der Waals surface area (Å²) < 4.78 is 5.80. The molecule has 0 bridgehead atoms. The minimum atomic E-state index is -0.0672. The van der Waals surface area contributed by atoms with E-state index < -0.39 is 0 Å². The summed E-state index contributed by atoms with van der Waals surface area (Å²) in [6.45, 7) is 5.09. The van der Waals surface area contributed by atoms with Crippen LogP contribution in [0.25, 0.3) is 0 Å². The van der Waals surface area contributed by atoms with Gasteiger partial charge >= 0.3 is 0 Å². The highest BCUT2D eigenvalue weighted by atomic mass is 16.5. The van der Waals surface area contributed by atoms with Crippen LogP contribution in [0.1, 0.15) is 73.8 Å².